The van der Waals surface area contributed by atoms with E-state index in [2.05, 4.69) is 17.1 Å². The second kappa shape index (κ2) is 7.17. The first-order chi connectivity index (χ1) is 10.1. The number of carbonyl (C=O) groups excluding carboxylic acids is 2. The fraction of sp³-hybridized carbons (Fsp3) is 0.467. The Kier molecular flexibility index (Phi) is 5.27. The number of nitrogens with zero attached hydrogens (tertiary/aromatic N) is 2. The fourth-order valence-corrected chi connectivity index (χ4v) is 2.33. The predicted octanol–water partition coefficient (Wildman–Crippen LogP) is 1.32. The summed E-state index contributed by atoms with van der Waals surface area (Å²) in [6.07, 6.45) is -0.206. The number of nitrogens with one attached hydrogen (secondary N) is 1. The number of likely N-dealkylation sites (N-methyl/N-ethyl adjacent to an activating group) is 1. The number of amides is 2. The molecule has 6 heteroatoms. The van der Waals surface area contributed by atoms with Crippen molar-refractivity contribution in [3.63, 3.8) is 0 Å². The van der Waals surface area contributed by atoms with Crippen LogP contribution >= 0.6 is 0 Å². The van der Waals surface area contributed by atoms with Crippen molar-refractivity contribution in [1.29, 1.82) is 0 Å². The quantitative estimate of drug-likeness (QED) is 0.852. The molecule has 2 amide bonds. The summed E-state index contributed by atoms with van der Waals surface area (Å²) < 4.78 is 13.0. The molecule has 21 heavy (non-hydrogen) atoms. The van der Waals surface area contributed by atoms with Crippen LogP contribution in [0, 0.1) is 5.82 Å². The number of piperazine rings is 1. The van der Waals surface area contributed by atoms with Gasteiger partial charge in [-0.05, 0) is 24.7 Å². The molecule has 0 unspecified atom stereocenters. The molecule has 1 N–H and O–H groups in total. The van der Waals surface area contributed by atoms with Gasteiger partial charge >= 0.3 is 0 Å². The number of carbonyl (C=O) groups is 2. The minimum absolute atomic E-state index is 0.181. The molecule has 1 aliphatic heterocycles. The molecule has 0 bridgehead atoms. The van der Waals surface area contributed by atoms with Gasteiger partial charge in [0.2, 0.25) is 11.8 Å². The SMILES string of the molecule is CCN1CCN(C(=O)CC(=O)Nc2cccc(F)c2)CC1. The summed E-state index contributed by atoms with van der Waals surface area (Å²) >= 11 is 0. The third-order valence-electron chi connectivity index (χ3n) is 3.59. The van der Waals surface area contributed by atoms with E-state index in [1.807, 2.05) is 0 Å². The smallest absolute Gasteiger partial charge is 0.233 e. The first-order valence-electron chi connectivity index (χ1n) is 7.14. The van der Waals surface area contributed by atoms with Gasteiger partial charge in [0, 0.05) is 31.9 Å². The molecule has 0 atom stereocenters. The molecule has 2 rings (SSSR count). The van der Waals surface area contributed by atoms with E-state index in [0.29, 0.717) is 18.8 Å². The fourth-order valence-electron chi connectivity index (χ4n) is 2.33. The molecule has 0 spiro atoms. The molecule has 1 aromatic rings. The number of benzene rings is 1. The lowest BCUT2D eigenvalue weighted by atomic mass is 10.2. The van der Waals surface area contributed by atoms with Gasteiger partial charge in [0.1, 0.15) is 12.2 Å². The van der Waals surface area contributed by atoms with E-state index >= 15 is 0 Å². The molecule has 114 valence electrons. The van der Waals surface area contributed by atoms with Crippen LogP contribution in [0.15, 0.2) is 24.3 Å². The van der Waals surface area contributed by atoms with E-state index in [-0.39, 0.29) is 12.3 Å². The average molecular weight is 293 g/mol. The summed E-state index contributed by atoms with van der Waals surface area (Å²) in [7, 11) is 0. The first-order valence-corrected chi connectivity index (χ1v) is 7.14. The van der Waals surface area contributed by atoms with Crippen molar-refractivity contribution >= 4 is 17.5 Å². The van der Waals surface area contributed by atoms with Gasteiger partial charge in [-0.1, -0.05) is 13.0 Å². The number of rotatable bonds is 4. The molecule has 1 heterocycles. The average Bonchev–Trinajstić information content (AvgIpc) is 2.47. The van der Waals surface area contributed by atoms with Gasteiger partial charge in [-0.2, -0.15) is 0 Å². The highest BCUT2D eigenvalue weighted by Crippen LogP contribution is 2.10. The van der Waals surface area contributed by atoms with E-state index in [0.717, 1.165) is 19.6 Å². The zero-order valence-electron chi connectivity index (χ0n) is 12.1. The monoisotopic (exact) mass is 293 g/mol. The second-order valence-electron chi connectivity index (χ2n) is 5.05. The highest BCUT2D eigenvalue weighted by molar-refractivity contribution is 6.03. The van der Waals surface area contributed by atoms with Crippen LogP contribution in [-0.4, -0.2) is 54.3 Å². The summed E-state index contributed by atoms with van der Waals surface area (Å²) in [5.74, 6) is -1.02. The van der Waals surface area contributed by atoms with Gasteiger partial charge in [0.25, 0.3) is 0 Å². The molecule has 0 radical (unpaired) electrons. The van der Waals surface area contributed by atoms with E-state index in [9.17, 15) is 14.0 Å². The van der Waals surface area contributed by atoms with Gasteiger partial charge in [-0.3, -0.25) is 9.59 Å². The van der Waals surface area contributed by atoms with Crippen molar-refractivity contribution in [2.75, 3.05) is 38.0 Å². The first kappa shape index (κ1) is 15.4. The van der Waals surface area contributed by atoms with Crippen LogP contribution in [0.5, 0.6) is 0 Å². The molecule has 1 saturated heterocycles. The van der Waals surface area contributed by atoms with E-state index in [1.165, 1.54) is 18.2 Å². The van der Waals surface area contributed by atoms with Gasteiger partial charge in [0.05, 0.1) is 0 Å². The summed E-state index contributed by atoms with van der Waals surface area (Å²) in [6.45, 7) is 6.05. The van der Waals surface area contributed by atoms with Gasteiger partial charge in [0.15, 0.2) is 0 Å². The zero-order chi connectivity index (χ0) is 15.2. The summed E-state index contributed by atoms with van der Waals surface area (Å²) in [4.78, 5) is 27.8. The third kappa shape index (κ3) is 4.53. The van der Waals surface area contributed by atoms with Crippen molar-refractivity contribution in [2.24, 2.45) is 0 Å². The Hall–Kier alpha value is -1.95. The number of hydrogen-bond acceptors (Lipinski definition) is 3. The molecular weight excluding hydrogens is 273 g/mol. The topological polar surface area (TPSA) is 52.7 Å². The van der Waals surface area contributed by atoms with Crippen LogP contribution in [0.2, 0.25) is 0 Å². The standard InChI is InChI=1S/C15H20FN3O2/c1-2-18-6-8-19(9-7-18)15(21)11-14(20)17-13-5-3-4-12(16)10-13/h3-5,10H,2,6-9,11H2,1H3,(H,17,20). The normalized spacial score (nSPS) is 15.8. The third-order valence-corrected chi connectivity index (χ3v) is 3.59. The van der Waals surface area contributed by atoms with Crippen molar-refractivity contribution < 1.29 is 14.0 Å². The van der Waals surface area contributed by atoms with E-state index < -0.39 is 11.7 Å². The molecule has 0 aromatic heterocycles. The van der Waals surface area contributed by atoms with Crippen molar-refractivity contribution in [2.45, 2.75) is 13.3 Å². The lowest BCUT2D eigenvalue weighted by Crippen LogP contribution is -2.49. The summed E-state index contributed by atoms with van der Waals surface area (Å²) in [5, 5.41) is 2.54. The molecule has 1 aliphatic rings. The number of anilines is 1. The Bertz CT molecular complexity index is 513. The maximum Gasteiger partial charge on any atom is 0.233 e. The Balaban J connectivity index is 1.81. The summed E-state index contributed by atoms with van der Waals surface area (Å²) in [5.41, 5.74) is 0.364. The van der Waals surface area contributed by atoms with Crippen molar-refractivity contribution in [1.82, 2.24) is 9.80 Å². The van der Waals surface area contributed by atoms with Crippen LogP contribution in [0.1, 0.15) is 13.3 Å². The minimum atomic E-state index is -0.421. The number of halogens is 1. The van der Waals surface area contributed by atoms with Gasteiger partial charge in [-0.25, -0.2) is 4.39 Å². The highest BCUT2D eigenvalue weighted by Gasteiger charge is 2.21. The highest BCUT2D eigenvalue weighted by atomic mass is 19.1. The molecule has 1 fully saturated rings. The largest absolute Gasteiger partial charge is 0.340 e. The second-order valence-corrected chi connectivity index (χ2v) is 5.05. The molecule has 1 aromatic carbocycles. The van der Waals surface area contributed by atoms with E-state index in [4.69, 9.17) is 0 Å². The van der Waals surface area contributed by atoms with Crippen LogP contribution < -0.4 is 5.32 Å². The van der Waals surface area contributed by atoms with Crippen LogP contribution in [-0.2, 0) is 9.59 Å². The zero-order valence-corrected chi connectivity index (χ0v) is 12.1. The van der Waals surface area contributed by atoms with E-state index in [1.54, 1.807) is 11.0 Å². The minimum Gasteiger partial charge on any atom is -0.340 e. The Morgan fingerprint density at radius 1 is 1.24 bits per heavy atom. The molecule has 0 saturated carbocycles. The molecule has 0 aliphatic carbocycles. The van der Waals surface area contributed by atoms with Gasteiger partial charge in [-0.15, -0.1) is 0 Å². The van der Waals surface area contributed by atoms with Crippen molar-refractivity contribution in [3.05, 3.63) is 30.1 Å². The lowest BCUT2D eigenvalue weighted by Gasteiger charge is -2.33. The van der Waals surface area contributed by atoms with Crippen LogP contribution in [0.25, 0.3) is 0 Å². The Morgan fingerprint density at radius 3 is 2.57 bits per heavy atom. The number of hydrogen-bond donors (Lipinski definition) is 1. The lowest BCUT2D eigenvalue weighted by molar-refractivity contribution is -0.136. The predicted molar refractivity (Wildman–Crippen MR) is 78.3 cm³/mol. The summed E-state index contributed by atoms with van der Waals surface area (Å²) in [6, 6.07) is 5.62. The Morgan fingerprint density at radius 2 is 1.95 bits per heavy atom. The maximum absolute atomic E-state index is 13.0. The Labute approximate surface area is 123 Å². The molecular formula is C15H20FN3O2. The maximum atomic E-state index is 13.0. The van der Waals surface area contributed by atoms with Gasteiger partial charge < -0.3 is 15.1 Å². The molecule has 5 nitrogen and oxygen atoms in total. The van der Waals surface area contributed by atoms with Crippen LogP contribution in [0.3, 0.4) is 0 Å². The van der Waals surface area contributed by atoms with Crippen LogP contribution in [0.4, 0.5) is 10.1 Å². The van der Waals surface area contributed by atoms with Crippen molar-refractivity contribution in [3.8, 4) is 0 Å².